The first-order chi connectivity index (χ1) is 6.36. The van der Waals surface area contributed by atoms with Crippen molar-refractivity contribution in [3.8, 4) is 0 Å². The quantitative estimate of drug-likeness (QED) is 0.716. The number of hydrogen-bond acceptors (Lipinski definition) is 2. The zero-order chi connectivity index (χ0) is 9.10. The van der Waals surface area contributed by atoms with Gasteiger partial charge in [0, 0.05) is 19.0 Å². The van der Waals surface area contributed by atoms with Crippen LogP contribution in [0.15, 0.2) is 30.3 Å². The van der Waals surface area contributed by atoms with Gasteiger partial charge in [-0.2, -0.15) is 0 Å². The van der Waals surface area contributed by atoms with Gasteiger partial charge in [0.1, 0.15) is 0 Å². The topological polar surface area (TPSA) is 32.3 Å². The first-order valence-corrected chi connectivity index (χ1v) is 4.79. The van der Waals surface area contributed by atoms with Crippen LogP contribution >= 0.6 is 0 Å². The molecule has 70 valence electrons. The van der Waals surface area contributed by atoms with Crippen molar-refractivity contribution >= 4 is 0 Å². The summed E-state index contributed by atoms with van der Waals surface area (Å²) in [6, 6.07) is 10.2. The van der Waals surface area contributed by atoms with Crippen LogP contribution in [0.4, 0.5) is 0 Å². The fraction of sp³-hybridized carbons (Fsp3) is 0.455. The molecule has 1 aliphatic heterocycles. The molecule has 0 amide bonds. The Hall–Kier alpha value is -0.860. The highest BCUT2D eigenvalue weighted by Crippen LogP contribution is 2.13. The fourth-order valence-corrected chi connectivity index (χ4v) is 1.61. The van der Waals surface area contributed by atoms with E-state index >= 15 is 0 Å². The largest absolute Gasteiger partial charge is 0.392 e. The minimum atomic E-state index is -0.177. The molecular weight excluding hydrogens is 162 g/mol. The van der Waals surface area contributed by atoms with Gasteiger partial charge in [0.25, 0.3) is 0 Å². The number of aliphatic hydroxyl groups excluding tert-OH is 1. The van der Waals surface area contributed by atoms with Crippen LogP contribution in [0, 0.1) is 5.92 Å². The lowest BCUT2D eigenvalue weighted by atomic mass is 9.92. The van der Waals surface area contributed by atoms with Crippen LogP contribution in [-0.4, -0.2) is 24.3 Å². The van der Waals surface area contributed by atoms with Crippen LogP contribution in [0.1, 0.15) is 5.56 Å². The molecule has 0 bridgehead atoms. The van der Waals surface area contributed by atoms with Crippen molar-refractivity contribution in [2.45, 2.75) is 12.5 Å². The molecule has 0 unspecified atom stereocenters. The SMILES string of the molecule is O[C@H](Cc1ccccc1)C1CNC1. The van der Waals surface area contributed by atoms with Gasteiger partial charge in [0.2, 0.25) is 0 Å². The third-order valence-electron chi connectivity index (χ3n) is 2.64. The Kier molecular flexibility index (Phi) is 2.62. The van der Waals surface area contributed by atoms with Gasteiger partial charge in [-0.3, -0.25) is 0 Å². The van der Waals surface area contributed by atoms with Gasteiger partial charge in [0.05, 0.1) is 6.10 Å². The summed E-state index contributed by atoms with van der Waals surface area (Å²) in [5.74, 6) is 0.459. The lowest BCUT2D eigenvalue weighted by Gasteiger charge is -2.31. The van der Waals surface area contributed by atoms with Crippen LogP contribution in [0.5, 0.6) is 0 Å². The summed E-state index contributed by atoms with van der Waals surface area (Å²) >= 11 is 0. The highest BCUT2D eigenvalue weighted by Gasteiger charge is 2.24. The summed E-state index contributed by atoms with van der Waals surface area (Å²) in [6.45, 7) is 1.93. The molecule has 0 radical (unpaired) electrons. The molecule has 2 rings (SSSR count). The summed E-state index contributed by atoms with van der Waals surface area (Å²) < 4.78 is 0. The maximum atomic E-state index is 9.78. The molecule has 1 atom stereocenters. The Morgan fingerprint density at radius 2 is 2.00 bits per heavy atom. The maximum absolute atomic E-state index is 9.78. The molecular formula is C11H15NO. The monoisotopic (exact) mass is 177 g/mol. The molecule has 1 saturated heterocycles. The van der Waals surface area contributed by atoms with Crippen molar-refractivity contribution in [3.63, 3.8) is 0 Å². The van der Waals surface area contributed by atoms with E-state index in [-0.39, 0.29) is 6.10 Å². The average Bonchev–Trinajstić information content (AvgIpc) is 2.02. The van der Waals surface area contributed by atoms with Gasteiger partial charge in [0.15, 0.2) is 0 Å². The van der Waals surface area contributed by atoms with Crippen LogP contribution in [0.3, 0.4) is 0 Å². The van der Waals surface area contributed by atoms with Crippen molar-refractivity contribution in [1.29, 1.82) is 0 Å². The van der Waals surface area contributed by atoms with E-state index in [1.807, 2.05) is 18.2 Å². The fourth-order valence-electron chi connectivity index (χ4n) is 1.61. The van der Waals surface area contributed by atoms with Crippen molar-refractivity contribution in [2.75, 3.05) is 13.1 Å². The summed E-state index contributed by atoms with van der Waals surface area (Å²) in [4.78, 5) is 0. The second kappa shape index (κ2) is 3.90. The standard InChI is InChI=1S/C11H15NO/c13-11(10-7-12-8-10)6-9-4-2-1-3-5-9/h1-5,10-13H,6-8H2/t11-/m1/s1. The van der Waals surface area contributed by atoms with E-state index < -0.39 is 0 Å². The number of hydrogen-bond donors (Lipinski definition) is 2. The summed E-state index contributed by atoms with van der Waals surface area (Å²) in [6.07, 6.45) is 0.608. The smallest absolute Gasteiger partial charge is 0.0632 e. The Morgan fingerprint density at radius 3 is 2.54 bits per heavy atom. The van der Waals surface area contributed by atoms with Gasteiger partial charge in [-0.05, 0) is 12.0 Å². The predicted octanol–water partition coefficient (Wildman–Crippen LogP) is 0.809. The number of benzene rings is 1. The zero-order valence-corrected chi connectivity index (χ0v) is 7.61. The lowest BCUT2D eigenvalue weighted by molar-refractivity contribution is 0.0772. The number of aliphatic hydroxyl groups is 1. The second-order valence-electron chi connectivity index (χ2n) is 3.68. The molecule has 13 heavy (non-hydrogen) atoms. The average molecular weight is 177 g/mol. The van der Waals surface area contributed by atoms with E-state index in [4.69, 9.17) is 0 Å². The summed E-state index contributed by atoms with van der Waals surface area (Å²) in [5.41, 5.74) is 1.22. The number of nitrogens with one attached hydrogen (secondary N) is 1. The lowest BCUT2D eigenvalue weighted by Crippen LogP contribution is -2.49. The van der Waals surface area contributed by atoms with Gasteiger partial charge in [-0.25, -0.2) is 0 Å². The minimum absolute atomic E-state index is 0.177. The summed E-state index contributed by atoms with van der Waals surface area (Å²) in [7, 11) is 0. The molecule has 1 aliphatic rings. The number of rotatable bonds is 3. The van der Waals surface area contributed by atoms with E-state index in [1.54, 1.807) is 0 Å². The minimum Gasteiger partial charge on any atom is -0.392 e. The molecule has 0 aromatic heterocycles. The molecule has 0 aliphatic carbocycles. The van der Waals surface area contributed by atoms with Crippen molar-refractivity contribution < 1.29 is 5.11 Å². The Bertz CT molecular complexity index is 256. The molecule has 1 fully saturated rings. The van der Waals surface area contributed by atoms with Crippen LogP contribution in [0.25, 0.3) is 0 Å². The molecule has 0 spiro atoms. The third-order valence-corrected chi connectivity index (χ3v) is 2.64. The second-order valence-corrected chi connectivity index (χ2v) is 3.68. The van der Waals surface area contributed by atoms with E-state index in [9.17, 15) is 5.11 Å². The first-order valence-electron chi connectivity index (χ1n) is 4.79. The van der Waals surface area contributed by atoms with E-state index in [0.29, 0.717) is 5.92 Å². The van der Waals surface area contributed by atoms with Gasteiger partial charge >= 0.3 is 0 Å². The molecule has 2 heteroatoms. The van der Waals surface area contributed by atoms with E-state index in [2.05, 4.69) is 17.4 Å². The van der Waals surface area contributed by atoms with Crippen molar-refractivity contribution in [1.82, 2.24) is 5.32 Å². The van der Waals surface area contributed by atoms with Gasteiger partial charge in [-0.15, -0.1) is 0 Å². The Labute approximate surface area is 78.6 Å². The van der Waals surface area contributed by atoms with Crippen LogP contribution < -0.4 is 5.32 Å². The van der Waals surface area contributed by atoms with Crippen molar-refractivity contribution in [3.05, 3.63) is 35.9 Å². The Balaban J connectivity index is 1.90. The molecule has 2 nitrogen and oxygen atoms in total. The highest BCUT2D eigenvalue weighted by atomic mass is 16.3. The van der Waals surface area contributed by atoms with Crippen molar-refractivity contribution in [2.24, 2.45) is 5.92 Å². The van der Waals surface area contributed by atoms with Gasteiger partial charge < -0.3 is 10.4 Å². The van der Waals surface area contributed by atoms with Gasteiger partial charge in [-0.1, -0.05) is 30.3 Å². The maximum Gasteiger partial charge on any atom is 0.0632 e. The van der Waals surface area contributed by atoms with E-state index in [0.717, 1.165) is 19.5 Å². The molecule has 1 aromatic rings. The van der Waals surface area contributed by atoms with E-state index in [1.165, 1.54) is 5.56 Å². The molecule has 1 heterocycles. The molecule has 1 aromatic carbocycles. The van der Waals surface area contributed by atoms with Crippen LogP contribution in [-0.2, 0) is 6.42 Å². The highest BCUT2D eigenvalue weighted by molar-refractivity contribution is 5.15. The first kappa shape index (κ1) is 8.73. The van der Waals surface area contributed by atoms with Crippen LogP contribution in [0.2, 0.25) is 0 Å². The Morgan fingerprint density at radius 1 is 1.31 bits per heavy atom. The summed E-state index contributed by atoms with van der Waals surface area (Å²) in [5, 5.41) is 13.0. The molecule has 2 N–H and O–H groups in total. The zero-order valence-electron chi connectivity index (χ0n) is 7.61. The third kappa shape index (κ3) is 2.08. The normalized spacial score (nSPS) is 19.5. The molecule has 0 saturated carbocycles. The predicted molar refractivity (Wildman–Crippen MR) is 52.5 cm³/mol.